The highest BCUT2D eigenvalue weighted by atomic mass is 79.9. The molecule has 0 bridgehead atoms. The fourth-order valence-electron chi connectivity index (χ4n) is 1.30. The predicted octanol–water partition coefficient (Wildman–Crippen LogP) is 1.63. The molecule has 0 saturated carbocycles. The van der Waals surface area contributed by atoms with Crippen LogP contribution in [0.5, 0.6) is 5.88 Å². The standard InChI is InChI=1S/C8H9BrClN3O/c9-6-4-12-8(7(10)13-6)14-5-1-2-11-3-5/h4-5,11H,1-3H2. The van der Waals surface area contributed by atoms with Crippen molar-refractivity contribution in [3.05, 3.63) is 16.0 Å². The maximum absolute atomic E-state index is 5.86. The second-order valence-electron chi connectivity index (χ2n) is 3.02. The Morgan fingerprint density at radius 3 is 3.14 bits per heavy atom. The Kier molecular flexibility index (Phi) is 3.20. The number of halogens is 2. The van der Waals surface area contributed by atoms with E-state index in [4.69, 9.17) is 16.3 Å². The van der Waals surface area contributed by atoms with Crippen LogP contribution in [0.25, 0.3) is 0 Å². The summed E-state index contributed by atoms with van der Waals surface area (Å²) in [5, 5.41) is 3.50. The van der Waals surface area contributed by atoms with E-state index in [9.17, 15) is 0 Å². The lowest BCUT2D eigenvalue weighted by Gasteiger charge is -2.11. The van der Waals surface area contributed by atoms with Crippen LogP contribution in [0.15, 0.2) is 10.8 Å². The summed E-state index contributed by atoms with van der Waals surface area (Å²) >= 11 is 9.04. The molecule has 1 saturated heterocycles. The lowest BCUT2D eigenvalue weighted by atomic mass is 10.3. The largest absolute Gasteiger partial charge is 0.471 e. The molecule has 1 N–H and O–H groups in total. The van der Waals surface area contributed by atoms with Crippen molar-refractivity contribution in [1.29, 1.82) is 0 Å². The zero-order valence-corrected chi connectivity index (χ0v) is 9.68. The molecule has 0 amide bonds. The van der Waals surface area contributed by atoms with E-state index in [0.717, 1.165) is 19.5 Å². The van der Waals surface area contributed by atoms with Crippen molar-refractivity contribution in [1.82, 2.24) is 15.3 Å². The van der Waals surface area contributed by atoms with E-state index in [1.807, 2.05) is 0 Å². The fraction of sp³-hybridized carbons (Fsp3) is 0.500. The van der Waals surface area contributed by atoms with Crippen LogP contribution in [-0.4, -0.2) is 29.2 Å². The van der Waals surface area contributed by atoms with Crippen molar-refractivity contribution in [2.75, 3.05) is 13.1 Å². The molecule has 1 atom stereocenters. The highest BCUT2D eigenvalue weighted by Crippen LogP contribution is 2.22. The summed E-state index contributed by atoms with van der Waals surface area (Å²) < 4.78 is 6.18. The van der Waals surface area contributed by atoms with Gasteiger partial charge in [0.15, 0.2) is 5.15 Å². The number of nitrogens with zero attached hydrogens (tertiary/aromatic N) is 2. The molecule has 1 aliphatic rings. The van der Waals surface area contributed by atoms with E-state index in [-0.39, 0.29) is 6.10 Å². The van der Waals surface area contributed by atoms with Gasteiger partial charge in [-0.1, -0.05) is 11.6 Å². The highest BCUT2D eigenvalue weighted by Gasteiger charge is 2.18. The molecule has 1 aromatic rings. The lowest BCUT2D eigenvalue weighted by molar-refractivity contribution is 0.213. The van der Waals surface area contributed by atoms with Crippen LogP contribution in [0.3, 0.4) is 0 Å². The van der Waals surface area contributed by atoms with Crippen molar-refractivity contribution in [2.24, 2.45) is 0 Å². The molecular formula is C8H9BrClN3O. The summed E-state index contributed by atoms with van der Waals surface area (Å²) in [5.74, 6) is 0.406. The van der Waals surface area contributed by atoms with E-state index < -0.39 is 0 Å². The predicted molar refractivity (Wildman–Crippen MR) is 56.6 cm³/mol. The minimum atomic E-state index is 0.156. The summed E-state index contributed by atoms with van der Waals surface area (Å²) in [4.78, 5) is 8.04. The Bertz CT molecular complexity index is 330. The number of nitrogens with one attached hydrogen (secondary N) is 1. The molecule has 1 fully saturated rings. The number of rotatable bonds is 2. The Balaban J connectivity index is 2.08. The second-order valence-corrected chi connectivity index (χ2v) is 4.19. The average Bonchev–Trinajstić information content (AvgIpc) is 2.62. The minimum Gasteiger partial charge on any atom is -0.471 e. The van der Waals surface area contributed by atoms with E-state index >= 15 is 0 Å². The van der Waals surface area contributed by atoms with Gasteiger partial charge < -0.3 is 10.1 Å². The zero-order valence-electron chi connectivity index (χ0n) is 7.33. The van der Waals surface area contributed by atoms with Crippen molar-refractivity contribution < 1.29 is 4.74 Å². The van der Waals surface area contributed by atoms with Gasteiger partial charge in [-0.3, -0.25) is 0 Å². The number of ether oxygens (including phenoxy) is 1. The van der Waals surface area contributed by atoms with Crippen LogP contribution in [0.1, 0.15) is 6.42 Å². The summed E-state index contributed by atoms with van der Waals surface area (Å²) in [5.41, 5.74) is 0. The molecule has 2 rings (SSSR count). The normalized spacial score (nSPS) is 21.1. The third-order valence-electron chi connectivity index (χ3n) is 1.96. The Morgan fingerprint density at radius 1 is 1.64 bits per heavy atom. The average molecular weight is 279 g/mol. The number of hydrogen-bond donors (Lipinski definition) is 1. The monoisotopic (exact) mass is 277 g/mol. The Labute approximate surface area is 95.2 Å². The summed E-state index contributed by atoms with van der Waals surface area (Å²) in [7, 11) is 0. The smallest absolute Gasteiger partial charge is 0.252 e. The van der Waals surface area contributed by atoms with Crippen molar-refractivity contribution in [2.45, 2.75) is 12.5 Å². The molecule has 1 aliphatic heterocycles. The van der Waals surface area contributed by atoms with Gasteiger partial charge in [-0.2, -0.15) is 0 Å². The van der Waals surface area contributed by atoms with Gasteiger partial charge in [-0.05, 0) is 28.9 Å². The molecule has 14 heavy (non-hydrogen) atoms. The molecule has 0 aromatic carbocycles. The van der Waals surface area contributed by atoms with Gasteiger partial charge in [0.2, 0.25) is 0 Å². The van der Waals surface area contributed by atoms with Gasteiger partial charge in [0, 0.05) is 6.54 Å². The van der Waals surface area contributed by atoms with Crippen molar-refractivity contribution >= 4 is 27.5 Å². The second kappa shape index (κ2) is 4.42. The van der Waals surface area contributed by atoms with Gasteiger partial charge in [-0.15, -0.1) is 0 Å². The molecule has 76 valence electrons. The first-order valence-electron chi connectivity index (χ1n) is 4.31. The van der Waals surface area contributed by atoms with Crippen LogP contribution in [0.4, 0.5) is 0 Å². The van der Waals surface area contributed by atoms with Gasteiger partial charge in [0.1, 0.15) is 10.7 Å². The molecule has 1 unspecified atom stereocenters. The first kappa shape index (κ1) is 10.1. The molecule has 2 heterocycles. The molecule has 1 aromatic heterocycles. The topological polar surface area (TPSA) is 47.0 Å². The van der Waals surface area contributed by atoms with Crippen LogP contribution >= 0.6 is 27.5 Å². The van der Waals surface area contributed by atoms with Crippen LogP contribution in [0.2, 0.25) is 5.15 Å². The molecular weight excluding hydrogens is 269 g/mol. The van der Waals surface area contributed by atoms with Crippen LogP contribution in [-0.2, 0) is 0 Å². The SMILES string of the molecule is Clc1nc(Br)cnc1OC1CCNC1. The third kappa shape index (κ3) is 2.34. The zero-order chi connectivity index (χ0) is 9.97. The number of aromatic nitrogens is 2. The van der Waals surface area contributed by atoms with Gasteiger partial charge >= 0.3 is 0 Å². The molecule has 0 radical (unpaired) electrons. The van der Waals surface area contributed by atoms with E-state index in [1.54, 1.807) is 6.20 Å². The third-order valence-corrected chi connectivity index (χ3v) is 2.59. The van der Waals surface area contributed by atoms with Crippen LogP contribution in [0, 0.1) is 0 Å². The van der Waals surface area contributed by atoms with Crippen molar-refractivity contribution in [3.8, 4) is 5.88 Å². The minimum absolute atomic E-state index is 0.156. The maximum Gasteiger partial charge on any atom is 0.252 e. The fourth-order valence-corrected chi connectivity index (χ4v) is 1.87. The quantitative estimate of drug-likeness (QED) is 0.893. The molecule has 6 heteroatoms. The van der Waals surface area contributed by atoms with E-state index in [0.29, 0.717) is 15.6 Å². The summed E-state index contributed by atoms with van der Waals surface area (Å²) in [6.07, 6.45) is 2.71. The Hall–Kier alpha value is -0.390. The number of hydrogen-bond acceptors (Lipinski definition) is 4. The van der Waals surface area contributed by atoms with Crippen molar-refractivity contribution in [3.63, 3.8) is 0 Å². The van der Waals surface area contributed by atoms with Gasteiger partial charge in [0.05, 0.1) is 6.20 Å². The van der Waals surface area contributed by atoms with E-state index in [1.165, 1.54) is 0 Å². The molecule has 4 nitrogen and oxygen atoms in total. The molecule has 0 spiro atoms. The first-order chi connectivity index (χ1) is 6.75. The van der Waals surface area contributed by atoms with E-state index in [2.05, 4.69) is 31.2 Å². The Morgan fingerprint density at radius 2 is 2.50 bits per heavy atom. The maximum atomic E-state index is 5.86. The first-order valence-corrected chi connectivity index (χ1v) is 5.48. The highest BCUT2D eigenvalue weighted by molar-refractivity contribution is 9.10. The molecule has 0 aliphatic carbocycles. The lowest BCUT2D eigenvalue weighted by Crippen LogP contribution is -2.20. The summed E-state index contributed by atoms with van der Waals surface area (Å²) in [6.45, 7) is 1.82. The van der Waals surface area contributed by atoms with Crippen LogP contribution < -0.4 is 10.1 Å². The van der Waals surface area contributed by atoms with Gasteiger partial charge in [-0.25, -0.2) is 9.97 Å². The van der Waals surface area contributed by atoms with Gasteiger partial charge in [0.25, 0.3) is 5.88 Å². The summed E-state index contributed by atoms with van der Waals surface area (Å²) in [6, 6.07) is 0.